The van der Waals surface area contributed by atoms with E-state index in [0.717, 1.165) is 4.47 Å². The van der Waals surface area contributed by atoms with Crippen molar-refractivity contribution in [1.82, 2.24) is 5.32 Å². The average Bonchev–Trinajstić information content (AvgIpc) is 2.40. The van der Waals surface area contributed by atoms with Gasteiger partial charge in [-0.2, -0.15) is 13.2 Å². The monoisotopic (exact) mass is 446 g/mol. The topological polar surface area (TPSA) is 67.4 Å². The number of hydrogen-bond acceptors (Lipinski definition) is 3. The minimum Gasteiger partial charge on any atom is -0.440 e. The van der Waals surface area contributed by atoms with Crippen molar-refractivity contribution in [2.45, 2.75) is 12.6 Å². The largest absolute Gasteiger partial charge is 0.440 e. The maximum absolute atomic E-state index is 11.8. The third-order valence-electron chi connectivity index (χ3n) is 2.19. The van der Waals surface area contributed by atoms with Gasteiger partial charge in [0.05, 0.1) is 5.69 Å². The molecule has 2 amide bonds. The molecule has 0 radical (unpaired) electrons. The predicted molar refractivity (Wildman–Crippen MR) is 80.5 cm³/mol. The lowest BCUT2D eigenvalue weighted by atomic mass is 10.3. The van der Waals surface area contributed by atoms with Gasteiger partial charge < -0.3 is 15.4 Å². The summed E-state index contributed by atoms with van der Waals surface area (Å²) in [4.78, 5) is 22.6. The summed E-state index contributed by atoms with van der Waals surface area (Å²) in [5.41, 5.74) is 0.527. The van der Waals surface area contributed by atoms with Crippen LogP contribution in [0.5, 0.6) is 0 Å². The van der Waals surface area contributed by atoms with Crippen molar-refractivity contribution < 1.29 is 27.5 Å². The van der Waals surface area contributed by atoms with Gasteiger partial charge in [-0.25, -0.2) is 4.79 Å². The van der Waals surface area contributed by atoms with Gasteiger partial charge in [0, 0.05) is 21.9 Å². The van der Waals surface area contributed by atoms with Crippen LogP contribution in [0, 0.1) is 0 Å². The third-order valence-corrected chi connectivity index (χ3v) is 3.38. The lowest BCUT2D eigenvalue weighted by Crippen LogP contribution is -2.31. The molecule has 22 heavy (non-hydrogen) atoms. The number of halogens is 5. The van der Waals surface area contributed by atoms with Crippen molar-refractivity contribution in [3.8, 4) is 0 Å². The van der Waals surface area contributed by atoms with Gasteiger partial charge >= 0.3 is 12.3 Å². The first-order valence-corrected chi connectivity index (χ1v) is 7.48. The van der Waals surface area contributed by atoms with Crippen LogP contribution in [0.15, 0.2) is 27.1 Å². The van der Waals surface area contributed by atoms with Crippen LogP contribution >= 0.6 is 31.9 Å². The Morgan fingerprint density at radius 2 is 1.91 bits per heavy atom. The van der Waals surface area contributed by atoms with Crippen molar-refractivity contribution in [2.75, 3.05) is 18.5 Å². The molecule has 0 saturated heterocycles. The first kappa shape index (κ1) is 18.8. The minimum atomic E-state index is -4.58. The molecule has 0 heterocycles. The van der Waals surface area contributed by atoms with Crippen molar-refractivity contribution in [2.24, 2.45) is 0 Å². The molecule has 0 aliphatic heterocycles. The molecule has 2 N–H and O–H groups in total. The van der Waals surface area contributed by atoms with Crippen molar-refractivity contribution in [1.29, 1.82) is 0 Å². The molecule has 5 nitrogen and oxygen atoms in total. The average molecular weight is 448 g/mol. The Hall–Kier alpha value is -1.29. The zero-order valence-electron chi connectivity index (χ0n) is 11.0. The lowest BCUT2D eigenvalue weighted by molar-refractivity contribution is -0.160. The molecule has 0 saturated carbocycles. The number of nitrogens with one attached hydrogen (secondary N) is 2. The summed E-state index contributed by atoms with van der Waals surface area (Å²) in [6, 6.07) is 5.18. The maximum atomic E-state index is 11.8. The second-order valence-corrected chi connectivity index (χ2v) is 5.81. The zero-order chi connectivity index (χ0) is 16.8. The van der Waals surface area contributed by atoms with Gasteiger partial charge in [0.2, 0.25) is 5.91 Å². The zero-order valence-corrected chi connectivity index (χ0v) is 14.1. The fourth-order valence-corrected chi connectivity index (χ4v) is 1.99. The smallest absolute Gasteiger partial charge is 0.422 e. The lowest BCUT2D eigenvalue weighted by Gasteiger charge is -2.10. The molecule has 0 unspecified atom stereocenters. The molecule has 0 aliphatic carbocycles. The number of carbonyl (C=O) groups excluding carboxylic acids is 2. The Morgan fingerprint density at radius 3 is 2.55 bits per heavy atom. The van der Waals surface area contributed by atoms with Crippen molar-refractivity contribution in [3.63, 3.8) is 0 Å². The summed E-state index contributed by atoms with van der Waals surface area (Å²) >= 11 is 6.51. The normalized spacial score (nSPS) is 11.0. The fourth-order valence-electron chi connectivity index (χ4n) is 1.28. The number of carbonyl (C=O) groups is 2. The highest BCUT2D eigenvalue weighted by Gasteiger charge is 2.29. The van der Waals surface area contributed by atoms with E-state index in [2.05, 4.69) is 47.2 Å². The maximum Gasteiger partial charge on any atom is 0.422 e. The molecule has 0 spiro atoms. The van der Waals surface area contributed by atoms with Crippen LogP contribution < -0.4 is 10.6 Å². The Labute approximate surface area is 140 Å². The highest BCUT2D eigenvalue weighted by molar-refractivity contribution is 9.11. The van der Waals surface area contributed by atoms with E-state index in [9.17, 15) is 22.8 Å². The summed E-state index contributed by atoms with van der Waals surface area (Å²) in [7, 11) is 0. The highest BCUT2D eigenvalue weighted by Crippen LogP contribution is 2.26. The summed E-state index contributed by atoms with van der Waals surface area (Å²) < 4.78 is 40.8. The van der Waals surface area contributed by atoms with E-state index in [1.807, 2.05) is 0 Å². The SMILES string of the molecule is O=C(CCNC(=O)OCC(F)(F)F)Nc1cc(Br)ccc1Br. The van der Waals surface area contributed by atoms with Crippen LogP contribution in [0.1, 0.15) is 6.42 Å². The Morgan fingerprint density at radius 1 is 1.23 bits per heavy atom. The molecule has 0 aliphatic rings. The molecule has 122 valence electrons. The minimum absolute atomic E-state index is 0.111. The van der Waals surface area contributed by atoms with Gasteiger partial charge in [0.15, 0.2) is 6.61 Å². The van der Waals surface area contributed by atoms with E-state index in [0.29, 0.717) is 10.2 Å². The number of amides is 2. The first-order chi connectivity index (χ1) is 10.2. The van der Waals surface area contributed by atoms with Gasteiger partial charge in [-0.05, 0) is 34.1 Å². The van der Waals surface area contributed by atoms with Gasteiger partial charge in [0.1, 0.15) is 0 Å². The number of alkyl carbamates (subject to hydrolysis) is 1. The Bertz CT molecular complexity index is 553. The predicted octanol–water partition coefficient (Wildman–Crippen LogP) is 3.83. The second-order valence-electron chi connectivity index (χ2n) is 4.04. The number of benzene rings is 1. The molecular formula is C12H11Br2F3N2O3. The van der Waals surface area contributed by atoms with Gasteiger partial charge in [-0.15, -0.1) is 0 Å². The summed E-state index contributed by atoms with van der Waals surface area (Å²) in [6.07, 6.45) is -5.92. The molecule has 1 aromatic carbocycles. The molecule has 0 fully saturated rings. The fraction of sp³-hybridized carbons (Fsp3) is 0.333. The first-order valence-electron chi connectivity index (χ1n) is 5.89. The highest BCUT2D eigenvalue weighted by atomic mass is 79.9. The molecule has 10 heteroatoms. The standard InChI is InChI=1S/C12H11Br2F3N2O3/c13-7-1-2-8(14)9(5-7)19-10(20)3-4-18-11(21)22-6-12(15,16)17/h1-2,5H,3-4,6H2,(H,18,21)(H,19,20). The van der Waals surface area contributed by atoms with E-state index in [-0.39, 0.29) is 13.0 Å². The number of anilines is 1. The number of ether oxygens (including phenoxy) is 1. The second kappa shape index (κ2) is 8.37. The number of alkyl halides is 3. The summed E-state index contributed by atoms with van der Waals surface area (Å²) in [5, 5.41) is 4.65. The van der Waals surface area contributed by atoms with E-state index < -0.39 is 24.8 Å². The van der Waals surface area contributed by atoms with E-state index in [4.69, 9.17) is 0 Å². The van der Waals surface area contributed by atoms with E-state index >= 15 is 0 Å². The van der Waals surface area contributed by atoms with Crippen molar-refractivity contribution >= 4 is 49.5 Å². The van der Waals surface area contributed by atoms with Crippen LogP contribution in [-0.2, 0) is 9.53 Å². The molecule has 0 aromatic heterocycles. The summed E-state index contributed by atoms with van der Waals surface area (Å²) in [6.45, 7) is -1.82. The third kappa shape index (κ3) is 7.64. The Kier molecular flexibility index (Phi) is 7.14. The van der Waals surface area contributed by atoms with Crippen LogP contribution in [0.2, 0.25) is 0 Å². The van der Waals surface area contributed by atoms with Crippen LogP contribution in [0.3, 0.4) is 0 Å². The van der Waals surface area contributed by atoms with Gasteiger partial charge in [-0.1, -0.05) is 15.9 Å². The Balaban J connectivity index is 2.32. The molecule has 1 aromatic rings. The van der Waals surface area contributed by atoms with Gasteiger partial charge in [0.25, 0.3) is 0 Å². The molecule has 1 rings (SSSR count). The molecule has 0 bridgehead atoms. The van der Waals surface area contributed by atoms with E-state index in [1.165, 1.54) is 0 Å². The quantitative estimate of drug-likeness (QED) is 0.720. The van der Waals surface area contributed by atoms with E-state index in [1.54, 1.807) is 18.2 Å². The van der Waals surface area contributed by atoms with Gasteiger partial charge in [-0.3, -0.25) is 4.79 Å². The van der Waals surface area contributed by atoms with Crippen LogP contribution in [-0.4, -0.2) is 31.3 Å². The molecule has 0 atom stereocenters. The summed E-state index contributed by atoms with van der Waals surface area (Å²) in [5.74, 6) is -0.407. The van der Waals surface area contributed by atoms with Crippen molar-refractivity contribution in [3.05, 3.63) is 27.1 Å². The number of rotatable bonds is 5. The number of hydrogen-bond donors (Lipinski definition) is 2. The van der Waals surface area contributed by atoms with Crippen LogP contribution in [0.4, 0.5) is 23.7 Å². The molecular weight excluding hydrogens is 437 g/mol. The van der Waals surface area contributed by atoms with Crippen LogP contribution in [0.25, 0.3) is 0 Å².